The molecule has 1 fully saturated rings. The van der Waals surface area contributed by atoms with E-state index in [2.05, 4.69) is 31.0 Å². The van der Waals surface area contributed by atoms with E-state index in [0.29, 0.717) is 6.04 Å². The van der Waals surface area contributed by atoms with Gasteiger partial charge in [-0.1, -0.05) is 36.4 Å². The minimum Gasteiger partial charge on any atom is -0.496 e. The molecular weight excluding hydrogens is 324 g/mol. The maximum absolute atomic E-state index is 12.6. The van der Waals surface area contributed by atoms with Crippen molar-refractivity contribution in [2.24, 2.45) is 0 Å². The first-order valence-electron chi connectivity index (χ1n) is 9.31. The molecule has 0 unspecified atom stereocenters. The number of piperidine rings is 1. The van der Waals surface area contributed by atoms with Gasteiger partial charge in [0.2, 0.25) is 0 Å². The van der Waals surface area contributed by atoms with Crippen molar-refractivity contribution in [3.05, 3.63) is 65.7 Å². The van der Waals surface area contributed by atoms with Gasteiger partial charge in [-0.05, 0) is 45.0 Å². The summed E-state index contributed by atoms with van der Waals surface area (Å²) in [6.07, 6.45) is 1.99. The number of hydrogen-bond donors (Lipinski definition) is 0. The molecule has 138 valence electrons. The van der Waals surface area contributed by atoms with E-state index < -0.39 is 0 Å². The molecule has 1 amide bonds. The van der Waals surface area contributed by atoms with Crippen molar-refractivity contribution in [3.8, 4) is 5.75 Å². The van der Waals surface area contributed by atoms with E-state index >= 15 is 0 Å². The van der Waals surface area contributed by atoms with Crippen LogP contribution in [0.1, 0.15) is 41.7 Å². The average molecular weight is 352 g/mol. The van der Waals surface area contributed by atoms with Gasteiger partial charge in [0.1, 0.15) is 5.75 Å². The van der Waals surface area contributed by atoms with Crippen molar-refractivity contribution in [3.63, 3.8) is 0 Å². The molecule has 0 radical (unpaired) electrons. The molecule has 0 N–H and O–H groups in total. The summed E-state index contributed by atoms with van der Waals surface area (Å²) in [5, 5.41) is 0. The van der Waals surface area contributed by atoms with Crippen LogP contribution in [0, 0.1) is 0 Å². The Morgan fingerprint density at radius 3 is 2.35 bits per heavy atom. The van der Waals surface area contributed by atoms with Crippen molar-refractivity contribution in [1.82, 2.24) is 9.80 Å². The Balaban J connectivity index is 1.61. The summed E-state index contributed by atoms with van der Waals surface area (Å²) in [5.41, 5.74) is 1.99. The first-order chi connectivity index (χ1) is 12.6. The van der Waals surface area contributed by atoms with Crippen LogP contribution in [0.25, 0.3) is 0 Å². The van der Waals surface area contributed by atoms with Crippen molar-refractivity contribution in [2.75, 3.05) is 27.2 Å². The van der Waals surface area contributed by atoms with Gasteiger partial charge in [-0.3, -0.25) is 9.69 Å². The molecule has 1 saturated heterocycles. The molecule has 1 aliphatic heterocycles. The number of para-hydroxylation sites is 1. The van der Waals surface area contributed by atoms with Gasteiger partial charge < -0.3 is 9.64 Å². The largest absolute Gasteiger partial charge is 0.496 e. The number of carbonyl (C=O) groups is 1. The highest BCUT2D eigenvalue weighted by Crippen LogP contribution is 2.31. The van der Waals surface area contributed by atoms with Crippen molar-refractivity contribution < 1.29 is 9.53 Å². The second-order valence-electron chi connectivity index (χ2n) is 6.97. The lowest BCUT2D eigenvalue weighted by Gasteiger charge is -2.39. The molecular formula is C22H28N2O2. The molecule has 4 heteroatoms. The Morgan fingerprint density at radius 1 is 1.08 bits per heavy atom. The summed E-state index contributed by atoms with van der Waals surface area (Å²) >= 11 is 0. The maximum atomic E-state index is 12.6. The van der Waals surface area contributed by atoms with Gasteiger partial charge in [-0.25, -0.2) is 0 Å². The van der Waals surface area contributed by atoms with Crippen LogP contribution < -0.4 is 4.74 Å². The molecule has 0 aliphatic carbocycles. The topological polar surface area (TPSA) is 32.8 Å². The number of nitrogens with zero attached hydrogens (tertiary/aromatic N) is 2. The predicted octanol–water partition coefficient (Wildman–Crippen LogP) is 3.99. The van der Waals surface area contributed by atoms with Crippen molar-refractivity contribution in [2.45, 2.75) is 31.8 Å². The number of amides is 1. The highest BCUT2D eigenvalue weighted by Gasteiger charge is 2.28. The molecule has 4 nitrogen and oxygen atoms in total. The maximum Gasteiger partial charge on any atom is 0.253 e. The molecule has 0 saturated carbocycles. The second-order valence-corrected chi connectivity index (χ2v) is 6.97. The van der Waals surface area contributed by atoms with Crippen LogP contribution in [0.4, 0.5) is 0 Å². The fourth-order valence-electron chi connectivity index (χ4n) is 3.79. The van der Waals surface area contributed by atoms with Gasteiger partial charge >= 0.3 is 0 Å². The zero-order chi connectivity index (χ0) is 18.5. The summed E-state index contributed by atoms with van der Waals surface area (Å²) in [7, 11) is 3.90. The zero-order valence-corrected chi connectivity index (χ0v) is 15.9. The Morgan fingerprint density at radius 2 is 1.69 bits per heavy atom. The Kier molecular flexibility index (Phi) is 5.94. The van der Waals surface area contributed by atoms with Crippen LogP contribution in [-0.4, -0.2) is 49.0 Å². The molecule has 0 spiro atoms. The molecule has 1 heterocycles. The summed E-state index contributed by atoms with van der Waals surface area (Å²) in [6.45, 7) is 3.84. The smallest absolute Gasteiger partial charge is 0.253 e. The van der Waals surface area contributed by atoms with Gasteiger partial charge in [-0.15, -0.1) is 0 Å². The molecule has 0 bridgehead atoms. The number of ether oxygens (including phenoxy) is 1. The highest BCUT2D eigenvalue weighted by atomic mass is 16.5. The lowest BCUT2D eigenvalue weighted by molar-refractivity contribution is 0.0605. The van der Waals surface area contributed by atoms with Crippen molar-refractivity contribution in [1.29, 1.82) is 0 Å². The Labute approximate surface area is 156 Å². The summed E-state index contributed by atoms with van der Waals surface area (Å²) in [4.78, 5) is 17.0. The van der Waals surface area contributed by atoms with E-state index in [0.717, 1.165) is 37.2 Å². The van der Waals surface area contributed by atoms with E-state index in [-0.39, 0.29) is 11.9 Å². The van der Waals surface area contributed by atoms with E-state index in [1.807, 2.05) is 47.4 Å². The molecule has 2 aromatic carbocycles. The first-order valence-corrected chi connectivity index (χ1v) is 9.31. The number of rotatable bonds is 5. The second kappa shape index (κ2) is 8.37. The van der Waals surface area contributed by atoms with Gasteiger partial charge in [0.15, 0.2) is 0 Å². The monoisotopic (exact) mass is 352 g/mol. The quantitative estimate of drug-likeness (QED) is 0.816. The van der Waals surface area contributed by atoms with Gasteiger partial charge in [0, 0.05) is 36.3 Å². The third-order valence-corrected chi connectivity index (χ3v) is 5.55. The highest BCUT2D eigenvalue weighted by molar-refractivity contribution is 5.94. The van der Waals surface area contributed by atoms with Crippen LogP contribution in [0.2, 0.25) is 0 Å². The molecule has 1 atom stereocenters. The van der Waals surface area contributed by atoms with Crippen LogP contribution in [0.3, 0.4) is 0 Å². The van der Waals surface area contributed by atoms with E-state index in [4.69, 9.17) is 4.74 Å². The third-order valence-electron chi connectivity index (χ3n) is 5.55. The SMILES string of the molecule is COc1ccccc1[C@@H](C)N(C)C1CCN(C(=O)c2ccccc2)CC1. The summed E-state index contributed by atoms with van der Waals surface area (Å²) in [6, 6.07) is 18.5. The van der Waals surface area contributed by atoms with Crippen LogP contribution >= 0.6 is 0 Å². The minimum atomic E-state index is 0.143. The Bertz CT molecular complexity index is 724. The molecule has 0 aromatic heterocycles. The lowest BCUT2D eigenvalue weighted by Crippen LogP contribution is -2.46. The minimum absolute atomic E-state index is 0.143. The zero-order valence-electron chi connectivity index (χ0n) is 15.9. The summed E-state index contributed by atoms with van der Waals surface area (Å²) < 4.78 is 5.52. The van der Waals surface area contributed by atoms with E-state index in [1.54, 1.807) is 7.11 Å². The lowest BCUT2D eigenvalue weighted by atomic mass is 9.98. The van der Waals surface area contributed by atoms with Gasteiger partial charge in [-0.2, -0.15) is 0 Å². The van der Waals surface area contributed by atoms with Crippen LogP contribution in [0.15, 0.2) is 54.6 Å². The summed E-state index contributed by atoms with van der Waals surface area (Å²) in [5.74, 6) is 1.08. The molecule has 1 aliphatic rings. The molecule has 26 heavy (non-hydrogen) atoms. The van der Waals surface area contributed by atoms with E-state index in [9.17, 15) is 4.79 Å². The third kappa shape index (κ3) is 3.91. The number of benzene rings is 2. The number of hydrogen-bond acceptors (Lipinski definition) is 3. The van der Waals surface area contributed by atoms with Crippen molar-refractivity contribution >= 4 is 5.91 Å². The standard InChI is InChI=1S/C22H28N2O2/c1-17(20-11-7-8-12-21(20)26-3)23(2)19-13-15-24(16-14-19)22(25)18-9-5-4-6-10-18/h4-12,17,19H,13-16H2,1-3H3/t17-/m1/s1. The number of carbonyl (C=O) groups excluding carboxylic acids is 1. The number of methoxy groups -OCH3 is 1. The predicted molar refractivity (Wildman–Crippen MR) is 105 cm³/mol. The Hall–Kier alpha value is -2.33. The molecule has 2 aromatic rings. The first kappa shape index (κ1) is 18.5. The van der Waals surface area contributed by atoms with Crippen LogP contribution in [0.5, 0.6) is 5.75 Å². The van der Waals surface area contributed by atoms with Gasteiger partial charge in [0.25, 0.3) is 5.91 Å². The fourth-order valence-corrected chi connectivity index (χ4v) is 3.79. The van der Waals surface area contributed by atoms with Gasteiger partial charge in [0.05, 0.1) is 7.11 Å². The molecule has 3 rings (SSSR count). The number of likely N-dealkylation sites (tertiary alicyclic amines) is 1. The van der Waals surface area contributed by atoms with E-state index in [1.165, 1.54) is 5.56 Å². The average Bonchev–Trinajstić information content (AvgIpc) is 2.73. The normalized spacial score (nSPS) is 16.5. The van der Waals surface area contributed by atoms with Crippen LogP contribution in [-0.2, 0) is 0 Å². The fraction of sp³-hybridized carbons (Fsp3) is 0.409.